The Kier molecular flexibility index (Phi) is 6.90. The third-order valence-corrected chi connectivity index (χ3v) is 8.27. The quantitative estimate of drug-likeness (QED) is 0.511. The van der Waals surface area contributed by atoms with E-state index in [9.17, 15) is 14.4 Å². The van der Waals surface area contributed by atoms with Crippen molar-refractivity contribution in [1.29, 1.82) is 0 Å². The fraction of sp³-hybridized carbons (Fsp3) is 0.344. The lowest BCUT2D eigenvalue weighted by Gasteiger charge is -2.51. The molecule has 0 radical (unpaired) electrons. The summed E-state index contributed by atoms with van der Waals surface area (Å²) in [6.07, 6.45) is 0.189. The Morgan fingerprint density at radius 2 is 1.50 bits per heavy atom. The van der Waals surface area contributed by atoms with E-state index < -0.39 is 6.03 Å². The molecule has 3 aliphatic heterocycles. The lowest BCUT2D eigenvalue weighted by Crippen LogP contribution is -2.59. The number of hydrazine groups is 1. The highest BCUT2D eigenvalue weighted by atomic mass is 16.2. The molecule has 4 amide bonds. The summed E-state index contributed by atoms with van der Waals surface area (Å²) in [4.78, 5) is 42.0. The lowest BCUT2D eigenvalue weighted by molar-refractivity contribution is -0.123. The summed E-state index contributed by atoms with van der Waals surface area (Å²) in [5, 5.41) is 5.10. The van der Waals surface area contributed by atoms with Crippen molar-refractivity contribution in [3.05, 3.63) is 107 Å². The number of hydrogen-bond acceptors (Lipinski definition) is 5. The third-order valence-electron chi connectivity index (χ3n) is 8.27. The van der Waals surface area contributed by atoms with E-state index in [-0.39, 0.29) is 36.4 Å². The highest BCUT2D eigenvalue weighted by molar-refractivity contribution is 6.01. The number of piperazine rings is 1. The van der Waals surface area contributed by atoms with Gasteiger partial charge in [0, 0.05) is 43.7 Å². The molecule has 40 heavy (non-hydrogen) atoms. The van der Waals surface area contributed by atoms with Crippen LogP contribution in [0.4, 0.5) is 4.79 Å². The minimum atomic E-state index is -0.540. The number of urea groups is 1. The van der Waals surface area contributed by atoms with Crippen LogP contribution in [0.5, 0.6) is 0 Å². The van der Waals surface area contributed by atoms with Gasteiger partial charge in [-0.2, -0.15) is 0 Å². The smallest absolute Gasteiger partial charge is 0.296 e. The van der Waals surface area contributed by atoms with Gasteiger partial charge in [-0.25, -0.2) is 14.8 Å². The van der Waals surface area contributed by atoms with E-state index in [2.05, 4.69) is 95.7 Å². The fourth-order valence-corrected chi connectivity index (χ4v) is 6.40. The Morgan fingerprint density at radius 3 is 2.12 bits per heavy atom. The van der Waals surface area contributed by atoms with Crippen LogP contribution in [-0.4, -0.2) is 69.4 Å². The molecule has 3 aromatic carbocycles. The summed E-state index contributed by atoms with van der Waals surface area (Å²) in [5.41, 5.74) is 5.21. The van der Waals surface area contributed by atoms with Gasteiger partial charge in [0.2, 0.25) is 5.91 Å². The van der Waals surface area contributed by atoms with Crippen molar-refractivity contribution in [2.75, 3.05) is 26.2 Å². The first kappa shape index (κ1) is 26.2. The molecule has 206 valence electrons. The molecule has 3 heterocycles. The first-order valence-electron chi connectivity index (χ1n) is 13.9. The number of imide groups is 1. The normalized spacial score (nSPS) is 19.7. The van der Waals surface area contributed by atoms with Crippen molar-refractivity contribution in [1.82, 2.24) is 25.1 Å². The molecule has 0 atom stereocenters. The molecule has 8 nitrogen and oxygen atoms in total. The molecule has 0 bridgehead atoms. The number of carbonyl (C=O) groups is 3. The maximum Gasteiger partial charge on any atom is 0.342 e. The van der Waals surface area contributed by atoms with Crippen molar-refractivity contribution in [2.45, 2.75) is 44.9 Å². The Labute approximate surface area is 235 Å². The van der Waals surface area contributed by atoms with E-state index in [0.29, 0.717) is 12.1 Å². The van der Waals surface area contributed by atoms with Gasteiger partial charge < -0.3 is 0 Å². The van der Waals surface area contributed by atoms with E-state index in [1.54, 1.807) is 0 Å². The third kappa shape index (κ3) is 5.00. The van der Waals surface area contributed by atoms with Crippen LogP contribution in [0.15, 0.2) is 78.9 Å². The highest BCUT2D eigenvalue weighted by Crippen LogP contribution is 2.36. The number of benzene rings is 3. The standard InChI is InChI=1S/C32H35N5O3/c1-32(2)22-34(17-18-35(32)29(24-9-5-3-6-10-24)25-11-7-4-8-12-25)20-23-13-14-27-26(19-23)21-37(30(27)39)36-16-15-28(38)33-31(36)40/h3-14,19,29H,15-18,20-22H2,1-2H3,(H,33,38,40). The molecule has 8 heteroatoms. The Hall–Kier alpha value is -4.01. The van der Waals surface area contributed by atoms with Gasteiger partial charge in [0.1, 0.15) is 0 Å². The fourth-order valence-electron chi connectivity index (χ4n) is 6.40. The van der Waals surface area contributed by atoms with E-state index in [1.807, 2.05) is 12.1 Å². The van der Waals surface area contributed by atoms with Crippen molar-refractivity contribution < 1.29 is 14.4 Å². The Bertz CT molecular complexity index is 1390. The molecule has 0 saturated carbocycles. The highest BCUT2D eigenvalue weighted by Gasteiger charge is 2.40. The maximum absolute atomic E-state index is 13.0. The van der Waals surface area contributed by atoms with Gasteiger partial charge in [0.25, 0.3) is 5.91 Å². The SMILES string of the molecule is CC1(C)CN(Cc2ccc3c(c2)CN(N2CCC(=O)NC2=O)C3=O)CCN1C(c1ccccc1)c1ccccc1. The molecule has 2 saturated heterocycles. The van der Waals surface area contributed by atoms with Crippen LogP contribution < -0.4 is 5.32 Å². The predicted octanol–water partition coefficient (Wildman–Crippen LogP) is 4.19. The van der Waals surface area contributed by atoms with Crippen LogP contribution >= 0.6 is 0 Å². The zero-order valence-electron chi connectivity index (χ0n) is 23.0. The van der Waals surface area contributed by atoms with Gasteiger partial charge in [0.05, 0.1) is 19.1 Å². The number of fused-ring (bicyclic) bond motifs is 1. The minimum Gasteiger partial charge on any atom is -0.296 e. The molecule has 3 aliphatic rings. The van der Waals surface area contributed by atoms with Gasteiger partial charge in [-0.15, -0.1) is 0 Å². The maximum atomic E-state index is 13.0. The average Bonchev–Trinajstić information content (AvgIpc) is 3.26. The number of nitrogens with one attached hydrogen (secondary N) is 1. The van der Waals surface area contributed by atoms with Crippen LogP contribution in [0, 0.1) is 0 Å². The van der Waals surface area contributed by atoms with Gasteiger partial charge in [-0.3, -0.25) is 24.7 Å². The van der Waals surface area contributed by atoms with Gasteiger partial charge in [-0.1, -0.05) is 72.8 Å². The van der Waals surface area contributed by atoms with Crippen LogP contribution in [0.1, 0.15) is 58.9 Å². The number of amides is 4. The van der Waals surface area contributed by atoms with Crippen molar-refractivity contribution >= 4 is 17.8 Å². The van der Waals surface area contributed by atoms with E-state index in [0.717, 1.165) is 37.3 Å². The Morgan fingerprint density at radius 1 is 0.825 bits per heavy atom. The minimum absolute atomic E-state index is 0.0723. The van der Waals surface area contributed by atoms with Crippen LogP contribution in [0.2, 0.25) is 0 Å². The molecule has 3 aromatic rings. The second kappa shape index (κ2) is 10.5. The monoisotopic (exact) mass is 537 g/mol. The molecule has 6 rings (SSSR count). The van der Waals surface area contributed by atoms with Gasteiger partial charge in [0.15, 0.2) is 0 Å². The number of carbonyl (C=O) groups excluding carboxylic acids is 3. The van der Waals surface area contributed by atoms with Crippen molar-refractivity contribution in [3.63, 3.8) is 0 Å². The van der Waals surface area contributed by atoms with E-state index in [1.165, 1.54) is 21.1 Å². The molecule has 1 N–H and O–H groups in total. The molecule has 0 aliphatic carbocycles. The summed E-state index contributed by atoms with van der Waals surface area (Å²) >= 11 is 0. The molecular weight excluding hydrogens is 502 g/mol. The summed E-state index contributed by atoms with van der Waals surface area (Å²) in [6, 6.07) is 27.1. The first-order valence-corrected chi connectivity index (χ1v) is 13.9. The number of hydrogen-bond donors (Lipinski definition) is 1. The van der Waals surface area contributed by atoms with Crippen LogP contribution in [-0.2, 0) is 17.9 Å². The molecule has 0 aromatic heterocycles. The topological polar surface area (TPSA) is 76.2 Å². The zero-order valence-corrected chi connectivity index (χ0v) is 23.0. The van der Waals surface area contributed by atoms with E-state index >= 15 is 0 Å². The van der Waals surface area contributed by atoms with Crippen LogP contribution in [0.3, 0.4) is 0 Å². The second-order valence-electron chi connectivity index (χ2n) is 11.5. The molecule has 0 unspecified atom stereocenters. The molecule has 0 spiro atoms. The predicted molar refractivity (Wildman–Crippen MR) is 152 cm³/mol. The van der Waals surface area contributed by atoms with Crippen LogP contribution in [0.25, 0.3) is 0 Å². The van der Waals surface area contributed by atoms with Crippen molar-refractivity contribution in [3.8, 4) is 0 Å². The van der Waals surface area contributed by atoms with Gasteiger partial charge in [-0.05, 0) is 42.2 Å². The molecule has 2 fully saturated rings. The Balaban J connectivity index is 1.17. The zero-order chi connectivity index (χ0) is 27.9. The lowest BCUT2D eigenvalue weighted by atomic mass is 9.89. The summed E-state index contributed by atoms with van der Waals surface area (Å²) in [5.74, 6) is -0.511. The average molecular weight is 538 g/mol. The summed E-state index contributed by atoms with van der Waals surface area (Å²) in [6.45, 7) is 8.76. The van der Waals surface area contributed by atoms with E-state index in [4.69, 9.17) is 0 Å². The number of nitrogens with zero attached hydrogens (tertiary/aromatic N) is 4. The van der Waals surface area contributed by atoms with Gasteiger partial charge >= 0.3 is 6.03 Å². The molecular formula is C32H35N5O3. The largest absolute Gasteiger partial charge is 0.342 e. The summed E-state index contributed by atoms with van der Waals surface area (Å²) < 4.78 is 0. The number of rotatable bonds is 6. The first-order chi connectivity index (χ1) is 19.3. The van der Waals surface area contributed by atoms with Crippen molar-refractivity contribution in [2.24, 2.45) is 0 Å². The summed E-state index contributed by atoms with van der Waals surface area (Å²) in [7, 11) is 0. The second-order valence-corrected chi connectivity index (χ2v) is 11.5.